The van der Waals surface area contributed by atoms with Gasteiger partial charge in [-0.05, 0) is 24.5 Å². The van der Waals surface area contributed by atoms with Crippen LogP contribution < -0.4 is 5.32 Å². The molecule has 0 bridgehead atoms. The van der Waals surface area contributed by atoms with Gasteiger partial charge >= 0.3 is 5.97 Å². The Bertz CT molecular complexity index is 387. The van der Waals surface area contributed by atoms with Gasteiger partial charge in [-0.15, -0.1) is 0 Å². The van der Waals surface area contributed by atoms with Gasteiger partial charge in [-0.1, -0.05) is 23.8 Å². The summed E-state index contributed by atoms with van der Waals surface area (Å²) in [6, 6.07) is 6.15. The zero-order valence-electron chi connectivity index (χ0n) is 9.04. The summed E-state index contributed by atoms with van der Waals surface area (Å²) in [6.45, 7) is 2.82. The molecular formula is C12H15NO2. The number of hydrogen-bond acceptors (Lipinski definition) is 3. The second-order valence-corrected chi connectivity index (χ2v) is 3.93. The molecule has 0 aromatic heterocycles. The van der Waals surface area contributed by atoms with Crippen LogP contribution in [0, 0.1) is 6.92 Å². The van der Waals surface area contributed by atoms with Crippen molar-refractivity contribution in [1.82, 2.24) is 5.32 Å². The maximum atomic E-state index is 11.4. The number of hydrogen-bond donors (Lipinski definition) is 1. The van der Waals surface area contributed by atoms with E-state index in [2.05, 4.69) is 30.4 Å². The molecule has 1 heterocycles. The first-order chi connectivity index (χ1) is 7.20. The maximum Gasteiger partial charge on any atom is 0.323 e. The topological polar surface area (TPSA) is 38.3 Å². The monoisotopic (exact) mass is 205 g/mol. The smallest absolute Gasteiger partial charge is 0.323 e. The van der Waals surface area contributed by atoms with E-state index < -0.39 is 0 Å². The fourth-order valence-corrected chi connectivity index (χ4v) is 1.95. The summed E-state index contributed by atoms with van der Waals surface area (Å²) in [6.07, 6.45) is 0.724. The van der Waals surface area contributed by atoms with Gasteiger partial charge in [-0.25, -0.2) is 0 Å². The Morgan fingerprint density at radius 2 is 2.27 bits per heavy atom. The molecule has 1 aromatic carbocycles. The van der Waals surface area contributed by atoms with Gasteiger partial charge in [0.15, 0.2) is 0 Å². The quantitative estimate of drug-likeness (QED) is 0.700. The number of aryl methyl sites for hydroxylation is 1. The van der Waals surface area contributed by atoms with Crippen molar-refractivity contribution >= 4 is 5.97 Å². The highest BCUT2D eigenvalue weighted by Gasteiger charge is 2.24. The Kier molecular flexibility index (Phi) is 2.73. The second kappa shape index (κ2) is 4.03. The molecule has 3 nitrogen and oxygen atoms in total. The second-order valence-electron chi connectivity index (χ2n) is 3.93. The van der Waals surface area contributed by atoms with E-state index in [1.807, 2.05) is 0 Å². The number of ether oxygens (including phenoxy) is 1. The molecule has 0 spiro atoms. The summed E-state index contributed by atoms with van der Waals surface area (Å²) in [4.78, 5) is 11.4. The van der Waals surface area contributed by atoms with Gasteiger partial charge in [-0.2, -0.15) is 0 Å². The molecule has 1 N–H and O–H groups in total. The minimum atomic E-state index is -0.190. The van der Waals surface area contributed by atoms with E-state index in [0.717, 1.165) is 13.0 Å². The van der Waals surface area contributed by atoms with Crippen LogP contribution in [0.1, 0.15) is 16.7 Å². The Labute approximate surface area is 89.4 Å². The lowest BCUT2D eigenvalue weighted by Crippen LogP contribution is -2.42. The van der Waals surface area contributed by atoms with Crippen LogP contribution in [0.15, 0.2) is 18.2 Å². The Morgan fingerprint density at radius 3 is 3.00 bits per heavy atom. The summed E-state index contributed by atoms with van der Waals surface area (Å²) < 4.78 is 4.73. The number of carbonyl (C=O) groups excluding carboxylic acids is 1. The van der Waals surface area contributed by atoms with Gasteiger partial charge in [0.2, 0.25) is 0 Å². The third kappa shape index (κ3) is 2.02. The van der Waals surface area contributed by atoms with Gasteiger partial charge in [-0.3, -0.25) is 4.79 Å². The zero-order valence-corrected chi connectivity index (χ0v) is 9.04. The Balaban J connectivity index is 2.20. The summed E-state index contributed by atoms with van der Waals surface area (Å²) in [7, 11) is 1.43. The maximum absolute atomic E-state index is 11.4. The van der Waals surface area contributed by atoms with E-state index in [0.29, 0.717) is 0 Å². The van der Waals surface area contributed by atoms with E-state index in [1.54, 1.807) is 0 Å². The first kappa shape index (κ1) is 10.2. The molecule has 0 saturated carbocycles. The molecule has 0 saturated heterocycles. The summed E-state index contributed by atoms with van der Waals surface area (Å²) >= 11 is 0. The van der Waals surface area contributed by atoms with Crippen molar-refractivity contribution in [3.8, 4) is 0 Å². The van der Waals surface area contributed by atoms with Crippen LogP contribution in [0.4, 0.5) is 0 Å². The lowest BCUT2D eigenvalue weighted by Gasteiger charge is -2.24. The van der Waals surface area contributed by atoms with Crippen molar-refractivity contribution < 1.29 is 9.53 Å². The van der Waals surface area contributed by atoms with Gasteiger partial charge < -0.3 is 10.1 Å². The summed E-state index contributed by atoms with van der Waals surface area (Å²) in [5, 5.41) is 3.18. The molecule has 0 aliphatic carbocycles. The van der Waals surface area contributed by atoms with Gasteiger partial charge in [0, 0.05) is 6.54 Å². The van der Waals surface area contributed by atoms with Crippen LogP contribution in [0.2, 0.25) is 0 Å². The fourth-order valence-electron chi connectivity index (χ4n) is 1.95. The van der Waals surface area contributed by atoms with Gasteiger partial charge in [0.1, 0.15) is 6.04 Å². The molecule has 0 fully saturated rings. The number of carbonyl (C=O) groups is 1. The lowest BCUT2D eigenvalue weighted by atomic mass is 9.94. The predicted molar refractivity (Wildman–Crippen MR) is 57.5 cm³/mol. The molecule has 1 aliphatic rings. The van der Waals surface area contributed by atoms with Gasteiger partial charge in [0.25, 0.3) is 0 Å². The molecule has 0 amide bonds. The molecule has 1 aromatic rings. The largest absolute Gasteiger partial charge is 0.468 e. The first-order valence-electron chi connectivity index (χ1n) is 5.10. The average Bonchev–Trinajstić information content (AvgIpc) is 2.27. The van der Waals surface area contributed by atoms with E-state index in [4.69, 9.17) is 4.74 Å². The number of benzene rings is 1. The SMILES string of the molecule is COC(=O)[C@@H]1Cc2ccc(C)cc2CN1. The molecule has 2 rings (SSSR count). The fraction of sp³-hybridized carbons (Fsp3) is 0.417. The highest BCUT2D eigenvalue weighted by Crippen LogP contribution is 2.18. The molecule has 0 unspecified atom stereocenters. The minimum absolute atomic E-state index is 0.179. The predicted octanol–water partition coefficient (Wildman–Crippen LogP) is 1.18. The molecular weight excluding hydrogens is 190 g/mol. The van der Waals surface area contributed by atoms with Crippen LogP contribution in [0.5, 0.6) is 0 Å². The van der Waals surface area contributed by atoms with Crippen LogP contribution in [0.3, 0.4) is 0 Å². The van der Waals surface area contributed by atoms with E-state index in [-0.39, 0.29) is 12.0 Å². The number of fused-ring (bicyclic) bond motifs is 1. The van der Waals surface area contributed by atoms with E-state index >= 15 is 0 Å². The standard InChI is InChI=1S/C12H15NO2/c1-8-3-4-9-6-11(12(14)15-2)13-7-10(9)5-8/h3-5,11,13H,6-7H2,1-2H3/t11-/m0/s1. The molecule has 80 valence electrons. The van der Waals surface area contributed by atoms with Crippen molar-refractivity contribution in [1.29, 1.82) is 0 Å². The normalized spacial score (nSPS) is 19.5. The summed E-state index contributed by atoms with van der Waals surface area (Å²) in [5.74, 6) is -0.179. The van der Waals surface area contributed by atoms with Crippen molar-refractivity contribution in [3.05, 3.63) is 34.9 Å². The molecule has 1 atom stereocenters. The van der Waals surface area contributed by atoms with Crippen LogP contribution in [-0.2, 0) is 22.5 Å². The van der Waals surface area contributed by atoms with E-state index in [1.165, 1.54) is 23.8 Å². The number of rotatable bonds is 1. The third-order valence-electron chi connectivity index (χ3n) is 2.81. The number of esters is 1. The van der Waals surface area contributed by atoms with Crippen molar-refractivity contribution in [2.24, 2.45) is 0 Å². The minimum Gasteiger partial charge on any atom is -0.468 e. The first-order valence-corrected chi connectivity index (χ1v) is 5.10. The van der Waals surface area contributed by atoms with Crippen molar-refractivity contribution in [2.45, 2.75) is 25.9 Å². The van der Waals surface area contributed by atoms with Crippen LogP contribution in [-0.4, -0.2) is 19.1 Å². The third-order valence-corrected chi connectivity index (χ3v) is 2.81. The van der Waals surface area contributed by atoms with E-state index in [9.17, 15) is 4.79 Å². The molecule has 0 radical (unpaired) electrons. The van der Waals surface area contributed by atoms with Crippen molar-refractivity contribution in [2.75, 3.05) is 7.11 Å². The molecule has 3 heteroatoms. The average molecular weight is 205 g/mol. The number of methoxy groups -OCH3 is 1. The zero-order chi connectivity index (χ0) is 10.8. The molecule has 15 heavy (non-hydrogen) atoms. The van der Waals surface area contributed by atoms with Gasteiger partial charge in [0.05, 0.1) is 7.11 Å². The highest BCUT2D eigenvalue weighted by molar-refractivity contribution is 5.76. The highest BCUT2D eigenvalue weighted by atomic mass is 16.5. The molecule has 1 aliphatic heterocycles. The van der Waals surface area contributed by atoms with Crippen LogP contribution in [0.25, 0.3) is 0 Å². The number of nitrogens with one attached hydrogen (secondary N) is 1. The lowest BCUT2D eigenvalue weighted by molar-refractivity contribution is -0.143. The van der Waals surface area contributed by atoms with Crippen molar-refractivity contribution in [3.63, 3.8) is 0 Å². The Hall–Kier alpha value is -1.35. The van der Waals surface area contributed by atoms with Crippen LogP contribution >= 0.6 is 0 Å². The Morgan fingerprint density at radius 1 is 1.47 bits per heavy atom. The summed E-state index contributed by atoms with van der Waals surface area (Å²) in [5.41, 5.74) is 3.79.